The number of nitrogens with zero attached hydrogens (tertiary/aromatic N) is 4. The second kappa shape index (κ2) is 8.47. The summed E-state index contributed by atoms with van der Waals surface area (Å²) in [5, 5.41) is 3.08. The lowest BCUT2D eigenvalue weighted by Crippen LogP contribution is -2.37. The van der Waals surface area contributed by atoms with Gasteiger partial charge in [-0.05, 0) is 24.1 Å². The Labute approximate surface area is 154 Å². The Morgan fingerprint density at radius 2 is 2.15 bits per heavy atom. The minimum absolute atomic E-state index is 0.0740. The van der Waals surface area contributed by atoms with E-state index in [4.69, 9.17) is 0 Å². The van der Waals surface area contributed by atoms with Crippen molar-refractivity contribution in [3.05, 3.63) is 59.8 Å². The van der Waals surface area contributed by atoms with Crippen LogP contribution in [0, 0.1) is 0 Å². The number of carbonyl (C=O) groups excluding carboxylic acids is 1. The first-order chi connectivity index (χ1) is 12.7. The highest BCUT2D eigenvalue weighted by molar-refractivity contribution is 5.94. The SMILES string of the molecule is CN=CN1CCC(NC(=O)c2ccc(N(C)Cc3ccccc3)nc2)C1. The topological polar surface area (TPSA) is 60.8 Å². The van der Waals surface area contributed by atoms with Gasteiger partial charge in [-0.1, -0.05) is 30.3 Å². The van der Waals surface area contributed by atoms with E-state index in [1.54, 1.807) is 13.2 Å². The molecule has 136 valence electrons. The highest BCUT2D eigenvalue weighted by atomic mass is 16.1. The number of benzene rings is 1. The lowest BCUT2D eigenvalue weighted by molar-refractivity contribution is 0.0938. The van der Waals surface area contributed by atoms with Crippen LogP contribution in [0.15, 0.2) is 53.7 Å². The zero-order valence-electron chi connectivity index (χ0n) is 15.3. The standard InChI is InChI=1S/C20H25N5O/c1-21-15-25-11-10-18(14-25)23-20(26)17-8-9-19(22-12-17)24(2)13-16-6-4-3-5-7-16/h3-9,12,15,18H,10-11,13-14H2,1-2H3,(H,23,26). The predicted octanol–water partition coefficient (Wildman–Crippen LogP) is 2.18. The second-order valence-electron chi connectivity index (χ2n) is 6.57. The van der Waals surface area contributed by atoms with E-state index >= 15 is 0 Å². The van der Waals surface area contributed by atoms with E-state index < -0.39 is 0 Å². The molecule has 1 N–H and O–H groups in total. The Morgan fingerprint density at radius 3 is 2.85 bits per heavy atom. The molecule has 1 aliphatic heterocycles. The minimum atomic E-state index is -0.0740. The van der Waals surface area contributed by atoms with E-state index in [-0.39, 0.29) is 11.9 Å². The maximum atomic E-state index is 12.4. The molecule has 1 atom stereocenters. The molecule has 1 saturated heterocycles. The van der Waals surface area contributed by atoms with Crippen molar-refractivity contribution in [2.45, 2.75) is 19.0 Å². The van der Waals surface area contributed by atoms with E-state index in [1.807, 2.05) is 43.7 Å². The fourth-order valence-corrected chi connectivity index (χ4v) is 3.13. The lowest BCUT2D eigenvalue weighted by Gasteiger charge is -2.18. The summed E-state index contributed by atoms with van der Waals surface area (Å²) < 4.78 is 0. The van der Waals surface area contributed by atoms with Crippen LogP contribution in [0.1, 0.15) is 22.3 Å². The molecule has 0 radical (unpaired) electrons. The quantitative estimate of drug-likeness (QED) is 0.640. The summed E-state index contributed by atoms with van der Waals surface area (Å²) in [6.45, 7) is 2.49. The van der Waals surface area contributed by atoms with Gasteiger partial charge in [0.05, 0.1) is 11.9 Å². The van der Waals surface area contributed by atoms with Gasteiger partial charge in [0.15, 0.2) is 0 Å². The average molecular weight is 351 g/mol. The molecule has 3 rings (SSSR count). The van der Waals surface area contributed by atoms with Crippen LogP contribution >= 0.6 is 0 Å². The number of pyridine rings is 1. The van der Waals surface area contributed by atoms with Crippen LogP contribution in [0.3, 0.4) is 0 Å². The average Bonchev–Trinajstić information content (AvgIpc) is 3.10. The number of hydrogen-bond acceptors (Lipinski definition) is 4. The Bertz CT molecular complexity index is 745. The summed E-state index contributed by atoms with van der Waals surface area (Å²) in [6, 6.07) is 14.1. The number of aromatic nitrogens is 1. The predicted molar refractivity (Wildman–Crippen MR) is 105 cm³/mol. The van der Waals surface area contributed by atoms with Gasteiger partial charge in [-0.15, -0.1) is 0 Å². The fraction of sp³-hybridized carbons (Fsp3) is 0.350. The van der Waals surface area contributed by atoms with Crippen LogP contribution in [0.4, 0.5) is 5.82 Å². The van der Waals surface area contributed by atoms with Crippen LogP contribution < -0.4 is 10.2 Å². The molecule has 0 spiro atoms. The Morgan fingerprint density at radius 1 is 1.35 bits per heavy atom. The monoisotopic (exact) mass is 351 g/mol. The van der Waals surface area contributed by atoms with Crippen molar-refractivity contribution < 1.29 is 4.79 Å². The van der Waals surface area contributed by atoms with Crippen molar-refractivity contribution in [3.63, 3.8) is 0 Å². The molecule has 1 unspecified atom stereocenters. The number of anilines is 1. The van der Waals surface area contributed by atoms with E-state index in [1.165, 1.54) is 5.56 Å². The van der Waals surface area contributed by atoms with Crippen LogP contribution in [-0.2, 0) is 6.54 Å². The minimum Gasteiger partial charge on any atom is -0.361 e. The van der Waals surface area contributed by atoms with Gasteiger partial charge in [0, 0.05) is 46.0 Å². The van der Waals surface area contributed by atoms with Gasteiger partial charge in [-0.25, -0.2) is 4.98 Å². The molecule has 2 heterocycles. The van der Waals surface area contributed by atoms with Crippen molar-refractivity contribution in [3.8, 4) is 0 Å². The summed E-state index contributed by atoms with van der Waals surface area (Å²) >= 11 is 0. The highest BCUT2D eigenvalue weighted by Gasteiger charge is 2.22. The summed E-state index contributed by atoms with van der Waals surface area (Å²) in [6.07, 6.45) is 4.40. The van der Waals surface area contributed by atoms with Crippen LogP contribution in [0.5, 0.6) is 0 Å². The first kappa shape index (κ1) is 17.9. The maximum absolute atomic E-state index is 12.4. The molecule has 26 heavy (non-hydrogen) atoms. The van der Waals surface area contributed by atoms with Gasteiger partial charge in [0.1, 0.15) is 5.82 Å². The Balaban J connectivity index is 1.56. The summed E-state index contributed by atoms with van der Waals surface area (Å²) in [7, 11) is 3.76. The molecule has 1 fully saturated rings. The van der Waals surface area contributed by atoms with E-state index in [9.17, 15) is 4.79 Å². The summed E-state index contributed by atoms with van der Waals surface area (Å²) in [5.41, 5.74) is 1.81. The van der Waals surface area contributed by atoms with Gasteiger partial charge in [-0.2, -0.15) is 0 Å². The van der Waals surface area contributed by atoms with Crippen LogP contribution in [-0.4, -0.2) is 55.4 Å². The molecule has 1 aromatic carbocycles. The van der Waals surface area contributed by atoms with E-state index in [0.717, 1.165) is 31.9 Å². The molecule has 1 aromatic heterocycles. The molecule has 6 heteroatoms. The molecule has 1 aliphatic rings. The number of rotatable bonds is 6. The van der Waals surface area contributed by atoms with Crippen LogP contribution in [0.2, 0.25) is 0 Å². The number of amides is 1. The zero-order valence-corrected chi connectivity index (χ0v) is 15.3. The lowest BCUT2D eigenvalue weighted by atomic mass is 10.2. The molecular weight excluding hydrogens is 326 g/mol. The molecule has 1 amide bonds. The Hall–Kier alpha value is -2.89. The third kappa shape index (κ3) is 4.59. The normalized spacial score (nSPS) is 16.8. The van der Waals surface area contributed by atoms with Crippen molar-refractivity contribution in [2.24, 2.45) is 4.99 Å². The van der Waals surface area contributed by atoms with Gasteiger partial charge in [-0.3, -0.25) is 9.79 Å². The molecule has 0 bridgehead atoms. The summed E-state index contributed by atoms with van der Waals surface area (Å²) in [5.74, 6) is 0.770. The molecule has 2 aromatic rings. The molecule has 6 nitrogen and oxygen atoms in total. The van der Waals surface area contributed by atoms with Crippen molar-refractivity contribution in [1.29, 1.82) is 0 Å². The van der Waals surface area contributed by atoms with Crippen molar-refractivity contribution >= 4 is 18.1 Å². The first-order valence-electron chi connectivity index (χ1n) is 8.84. The van der Waals surface area contributed by atoms with Gasteiger partial charge in [0.2, 0.25) is 0 Å². The number of hydrogen-bond donors (Lipinski definition) is 1. The molecular formula is C20H25N5O. The molecule has 0 aliphatic carbocycles. The van der Waals surface area contributed by atoms with Crippen molar-refractivity contribution in [1.82, 2.24) is 15.2 Å². The number of nitrogens with one attached hydrogen (secondary N) is 1. The van der Waals surface area contributed by atoms with E-state index in [2.05, 4.69) is 37.2 Å². The number of carbonyl (C=O) groups is 1. The number of aliphatic imine (C=N–C) groups is 1. The highest BCUT2D eigenvalue weighted by Crippen LogP contribution is 2.14. The second-order valence-corrected chi connectivity index (χ2v) is 6.57. The molecule has 0 saturated carbocycles. The van der Waals surface area contributed by atoms with Gasteiger partial charge >= 0.3 is 0 Å². The van der Waals surface area contributed by atoms with Gasteiger partial charge < -0.3 is 15.1 Å². The largest absolute Gasteiger partial charge is 0.361 e. The zero-order chi connectivity index (χ0) is 18.4. The third-order valence-electron chi connectivity index (χ3n) is 4.50. The smallest absolute Gasteiger partial charge is 0.253 e. The third-order valence-corrected chi connectivity index (χ3v) is 4.50. The van der Waals surface area contributed by atoms with Crippen LogP contribution in [0.25, 0.3) is 0 Å². The first-order valence-corrected chi connectivity index (χ1v) is 8.84. The number of likely N-dealkylation sites (tertiary alicyclic amines) is 1. The fourth-order valence-electron chi connectivity index (χ4n) is 3.13. The Kier molecular flexibility index (Phi) is 5.84. The van der Waals surface area contributed by atoms with Crippen molar-refractivity contribution in [2.75, 3.05) is 32.1 Å². The summed E-state index contributed by atoms with van der Waals surface area (Å²) in [4.78, 5) is 25.1. The van der Waals surface area contributed by atoms with Gasteiger partial charge in [0.25, 0.3) is 5.91 Å². The maximum Gasteiger partial charge on any atom is 0.253 e. The van der Waals surface area contributed by atoms with E-state index in [0.29, 0.717) is 5.56 Å².